The van der Waals surface area contributed by atoms with Crippen molar-refractivity contribution in [3.05, 3.63) is 35.1 Å². The lowest BCUT2D eigenvalue weighted by molar-refractivity contribution is -0.132. The van der Waals surface area contributed by atoms with Crippen LogP contribution in [0.5, 0.6) is 0 Å². The van der Waals surface area contributed by atoms with E-state index in [1.54, 1.807) is 12.1 Å². The number of halogens is 1. The highest BCUT2D eigenvalue weighted by Crippen LogP contribution is 2.35. The lowest BCUT2D eigenvalue weighted by atomic mass is 9.75. The standard InChI is InChI=1S/C16H19FN2O/c1-16(7-3-2-4-8-16)15(20)19-11-13-6-5-12(10-18)9-14(13)17/h5-6,9H,2-4,7-8,11H2,1H3,(H,19,20). The normalized spacial score (nSPS) is 17.2. The van der Waals surface area contributed by atoms with Gasteiger partial charge in [-0.2, -0.15) is 5.26 Å². The Labute approximate surface area is 118 Å². The molecule has 106 valence electrons. The Morgan fingerprint density at radius 1 is 1.40 bits per heavy atom. The lowest BCUT2D eigenvalue weighted by Crippen LogP contribution is -2.40. The van der Waals surface area contributed by atoms with Gasteiger partial charge in [-0.1, -0.05) is 32.3 Å². The monoisotopic (exact) mass is 274 g/mol. The molecule has 0 unspecified atom stereocenters. The second-order valence-electron chi connectivity index (χ2n) is 5.72. The van der Waals surface area contributed by atoms with Crippen molar-refractivity contribution in [3.8, 4) is 6.07 Å². The van der Waals surface area contributed by atoms with Gasteiger partial charge in [-0.05, 0) is 25.0 Å². The molecule has 0 saturated heterocycles. The minimum absolute atomic E-state index is 0.000889. The molecule has 1 saturated carbocycles. The van der Waals surface area contributed by atoms with E-state index in [0.29, 0.717) is 5.56 Å². The fraction of sp³-hybridized carbons (Fsp3) is 0.500. The summed E-state index contributed by atoms with van der Waals surface area (Å²) < 4.78 is 13.7. The summed E-state index contributed by atoms with van der Waals surface area (Å²) in [7, 11) is 0. The molecule has 4 heteroatoms. The summed E-state index contributed by atoms with van der Waals surface area (Å²) in [5.74, 6) is -0.445. The number of nitriles is 1. The number of carbonyl (C=O) groups is 1. The molecule has 1 aliphatic rings. The van der Waals surface area contributed by atoms with Gasteiger partial charge in [-0.25, -0.2) is 4.39 Å². The van der Waals surface area contributed by atoms with Crippen molar-refractivity contribution in [1.29, 1.82) is 5.26 Å². The zero-order chi connectivity index (χ0) is 14.6. The summed E-state index contributed by atoms with van der Waals surface area (Å²) in [5, 5.41) is 11.5. The summed E-state index contributed by atoms with van der Waals surface area (Å²) >= 11 is 0. The SMILES string of the molecule is CC1(C(=O)NCc2ccc(C#N)cc2F)CCCCC1. The van der Waals surface area contributed by atoms with E-state index in [1.165, 1.54) is 12.5 Å². The van der Waals surface area contributed by atoms with Crippen LogP contribution in [0.15, 0.2) is 18.2 Å². The summed E-state index contributed by atoms with van der Waals surface area (Å²) in [6.45, 7) is 2.16. The molecule has 0 bridgehead atoms. The van der Waals surface area contributed by atoms with Gasteiger partial charge in [0, 0.05) is 17.5 Å². The second-order valence-corrected chi connectivity index (χ2v) is 5.72. The molecule has 1 N–H and O–H groups in total. The highest BCUT2D eigenvalue weighted by Gasteiger charge is 2.34. The third-order valence-electron chi connectivity index (χ3n) is 4.13. The van der Waals surface area contributed by atoms with E-state index in [2.05, 4.69) is 5.32 Å². The van der Waals surface area contributed by atoms with Crippen molar-refractivity contribution in [2.24, 2.45) is 5.41 Å². The predicted octanol–water partition coefficient (Wildman–Crippen LogP) is 3.28. The first kappa shape index (κ1) is 14.5. The molecule has 1 fully saturated rings. The average molecular weight is 274 g/mol. The van der Waals surface area contributed by atoms with Crippen LogP contribution in [0.3, 0.4) is 0 Å². The Bertz CT molecular complexity index is 542. The highest BCUT2D eigenvalue weighted by atomic mass is 19.1. The molecule has 0 spiro atoms. The Hall–Kier alpha value is -1.89. The largest absolute Gasteiger partial charge is 0.351 e. The van der Waals surface area contributed by atoms with Gasteiger partial charge >= 0.3 is 0 Å². The van der Waals surface area contributed by atoms with Crippen LogP contribution >= 0.6 is 0 Å². The van der Waals surface area contributed by atoms with Crippen LogP contribution in [-0.4, -0.2) is 5.91 Å². The van der Waals surface area contributed by atoms with Crippen LogP contribution < -0.4 is 5.32 Å². The van der Waals surface area contributed by atoms with Crippen LogP contribution in [0.2, 0.25) is 0 Å². The van der Waals surface area contributed by atoms with Gasteiger partial charge in [-0.3, -0.25) is 4.79 Å². The number of rotatable bonds is 3. The van der Waals surface area contributed by atoms with Gasteiger partial charge in [0.15, 0.2) is 0 Å². The average Bonchev–Trinajstić information content (AvgIpc) is 2.46. The van der Waals surface area contributed by atoms with Crippen LogP contribution in [0.1, 0.15) is 50.2 Å². The first-order chi connectivity index (χ1) is 9.55. The molecule has 1 amide bonds. The summed E-state index contributed by atoms with van der Waals surface area (Å²) in [5.41, 5.74) is 0.384. The molecule has 0 radical (unpaired) electrons. The number of carbonyl (C=O) groups excluding carboxylic acids is 1. The zero-order valence-electron chi connectivity index (χ0n) is 11.7. The topological polar surface area (TPSA) is 52.9 Å². The number of benzene rings is 1. The molecular formula is C16H19FN2O. The molecule has 0 heterocycles. The summed E-state index contributed by atoms with van der Waals surface area (Å²) in [6, 6.07) is 6.20. The number of nitrogens with one attached hydrogen (secondary N) is 1. The van der Waals surface area contributed by atoms with Crippen LogP contribution in [0.4, 0.5) is 4.39 Å². The number of hydrogen-bond donors (Lipinski definition) is 1. The molecular weight excluding hydrogens is 255 g/mol. The first-order valence-electron chi connectivity index (χ1n) is 7.02. The fourth-order valence-corrected chi connectivity index (χ4v) is 2.71. The molecule has 0 aromatic heterocycles. The minimum Gasteiger partial charge on any atom is -0.351 e. The lowest BCUT2D eigenvalue weighted by Gasteiger charge is -2.32. The predicted molar refractivity (Wildman–Crippen MR) is 74.2 cm³/mol. The number of amides is 1. The van der Waals surface area contributed by atoms with Crippen molar-refractivity contribution in [2.45, 2.75) is 45.6 Å². The zero-order valence-corrected chi connectivity index (χ0v) is 11.7. The second kappa shape index (κ2) is 6.04. The van der Waals surface area contributed by atoms with Crippen LogP contribution in [0.25, 0.3) is 0 Å². The van der Waals surface area contributed by atoms with E-state index in [0.717, 1.165) is 25.7 Å². The molecule has 0 atom stereocenters. The molecule has 2 rings (SSSR count). The molecule has 20 heavy (non-hydrogen) atoms. The van der Waals surface area contributed by atoms with Gasteiger partial charge in [0.05, 0.1) is 11.6 Å². The van der Waals surface area contributed by atoms with Gasteiger partial charge in [0.25, 0.3) is 0 Å². The Morgan fingerprint density at radius 3 is 2.70 bits per heavy atom. The van der Waals surface area contributed by atoms with E-state index in [4.69, 9.17) is 5.26 Å². The van der Waals surface area contributed by atoms with Gasteiger partial charge < -0.3 is 5.32 Å². The maximum absolute atomic E-state index is 13.7. The summed E-state index contributed by atoms with van der Waals surface area (Å²) in [4.78, 5) is 12.2. The maximum atomic E-state index is 13.7. The Morgan fingerprint density at radius 2 is 2.10 bits per heavy atom. The molecule has 3 nitrogen and oxygen atoms in total. The van der Waals surface area contributed by atoms with Gasteiger partial charge in [0.1, 0.15) is 5.82 Å². The van der Waals surface area contributed by atoms with Crippen molar-refractivity contribution in [2.75, 3.05) is 0 Å². The van der Waals surface area contributed by atoms with Crippen LogP contribution in [-0.2, 0) is 11.3 Å². The summed E-state index contributed by atoms with van der Waals surface area (Å²) in [6.07, 6.45) is 5.14. The fourth-order valence-electron chi connectivity index (χ4n) is 2.71. The maximum Gasteiger partial charge on any atom is 0.226 e. The van der Waals surface area contributed by atoms with Crippen molar-refractivity contribution >= 4 is 5.91 Å². The number of nitrogens with zero attached hydrogens (tertiary/aromatic N) is 1. The van der Waals surface area contributed by atoms with E-state index in [-0.39, 0.29) is 23.4 Å². The Kier molecular flexibility index (Phi) is 4.39. The molecule has 0 aliphatic heterocycles. The van der Waals surface area contributed by atoms with Crippen molar-refractivity contribution in [3.63, 3.8) is 0 Å². The van der Waals surface area contributed by atoms with E-state index in [9.17, 15) is 9.18 Å². The van der Waals surface area contributed by atoms with Gasteiger partial charge in [-0.15, -0.1) is 0 Å². The molecule has 1 aromatic carbocycles. The van der Waals surface area contributed by atoms with E-state index < -0.39 is 5.82 Å². The number of hydrogen-bond acceptors (Lipinski definition) is 2. The van der Waals surface area contributed by atoms with E-state index in [1.807, 2.05) is 13.0 Å². The highest BCUT2D eigenvalue weighted by molar-refractivity contribution is 5.82. The third kappa shape index (κ3) is 3.16. The molecule has 1 aromatic rings. The third-order valence-corrected chi connectivity index (χ3v) is 4.13. The van der Waals surface area contributed by atoms with Crippen molar-refractivity contribution in [1.82, 2.24) is 5.32 Å². The first-order valence-corrected chi connectivity index (χ1v) is 7.02. The van der Waals surface area contributed by atoms with E-state index >= 15 is 0 Å². The molecule has 1 aliphatic carbocycles. The Balaban J connectivity index is 1.98. The van der Waals surface area contributed by atoms with Gasteiger partial charge in [0.2, 0.25) is 5.91 Å². The van der Waals surface area contributed by atoms with Crippen LogP contribution in [0, 0.1) is 22.6 Å². The smallest absolute Gasteiger partial charge is 0.226 e. The minimum atomic E-state index is -0.446. The quantitative estimate of drug-likeness (QED) is 0.919. The van der Waals surface area contributed by atoms with Crippen molar-refractivity contribution < 1.29 is 9.18 Å².